The topological polar surface area (TPSA) is 61.4 Å². The number of para-hydroxylation sites is 1. The van der Waals surface area contributed by atoms with Crippen LogP contribution in [0.1, 0.15) is 17.2 Å². The third kappa shape index (κ3) is 2.90. The fourth-order valence-corrected chi connectivity index (χ4v) is 2.65. The third-order valence-corrected chi connectivity index (χ3v) is 3.79. The minimum Gasteiger partial charge on any atom is -0.394 e. The van der Waals surface area contributed by atoms with Crippen LogP contribution in [0.25, 0.3) is 0 Å². The van der Waals surface area contributed by atoms with E-state index in [0.29, 0.717) is 6.42 Å². The number of anilines is 1. The largest absolute Gasteiger partial charge is 0.394 e. The molecule has 0 saturated carbocycles. The zero-order chi connectivity index (χ0) is 14.7. The predicted molar refractivity (Wildman–Crippen MR) is 82.0 cm³/mol. The van der Waals surface area contributed by atoms with Crippen molar-refractivity contribution < 1.29 is 9.90 Å². The maximum absolute atomic E-state index is 12.4. The van der Waals surface area contributed by atoms with Crippen molar-refractivity contribution in [3.63, 3.8) is 0 Å². The Hall–Kier alpha value is -2.33. The van der Waals surface area contributed by atoms with Gasteiger partial charge >= 0.3 is 0 Å². The first-order chi connectivity index (χ1) is 10.3. The summed E-state index contributed by atoms with van der Waals surface area (Å²) in [7, 11) is 0. The van der Waals surface area contributed by atoms with E-state index in [4.69, 9.17) is 0 Å². The highest BCUT2D eigenvalue weighted by Crippen LogP contribution is 2.25. The molecule has 1 aliphatic rings. The number of fused-ring (bicyclic) bond motifs is 1. The predicted octanol–water partition coefficient (Wildman–Crippen LogP) is 1.87. The van der Waals surface area contributed by atoms with E-state index in [1.54, 1.807) is 0 Å². The van der Waals surface area contributed by atoms with E-state index in [1.807, 2.05) is 54.6 Å². The molecule has 3 rings (SSSR count). The number of aliphatic hydroxyl groups excluding tert-OH is 1. The van der Waals surface area contributed by atoms with Gasteiger partial charge in [0, 0.05) is 12.1 Å². The molecule has 0 saturated heterocycles. The summed E-state index contributed by atoms with van der Waals surface area (Å²) >= 11 is 0. The zero-order valence-corrected chi connectivity index (χ0v) is 11.6. The van der Waals surface area contributed by atoms with Gasteiger partial charge in [-0.15, -0.1) is 0 Å². The lowest BCUT2D eigenvalue weighted by Crippen LogP contribution is -2.41. The molecule has 0 radical (unpaired) electrons. The van der Waals surface area contributed by atoms with Gasteiger partial charge in [-0.1, -0.05) is 48.5 Å². The summed E-state index contributed by atoms with van der Waals surface area (Å²) in [5.74, 6) is -0.0888. The van der Waals surface area contributed by atoms with Gasteiger partial charge < -0.3 is 15.7 Å². The van der Waals surface area contributed by atoms with Gasteiger partial charge in [0.15, 0.2) is 0 Å². The van der Waals surface area contributed by atoms with Crippen molar-refractivity contribution in [2.45, 2.75) is 18.5 Å². The molecule has 4 nitrogen and oxygen atoms in total. The number of hydrogen-bond acceptors (Lipinski definition) is 3. The summed E-state index contributed by atoms with van der Waals surface area (Å²) in [6, 6.07) is 16.8. The second-order valence-corrected chi connectivity index (χ2v) is 5.21. The molecule has 1 heterocycles. The number of benzene rings is 2. The minimum atomic E-state index is -0.371. The van der Waals surface area contributed by atoms with E-state index in [0.717, 1.165) is 16.8 Å². The van der Waals surface area contributed by atoms with Gasteiger partial charge in [-0.2, -0.15) is 0 Å². The molecule has 1 amide bonds. The second kappa shape index (κ2) is 5.97. The summed E-state index contributed by atoms with van der Waals surface area (Å²) in [5.41, 5.74) is 3.07. The van der Waals surface area contributed by atoms with E-state index in [1.165, 1.54) is 0 Å². The fraction of sp³-hybridized carbons (Fsp3) is 0.235. The second-order valence-electron chi connectivity index (χ2n) is 5.21. The number of nitrogens with one attached hydrogen (secondary N) is 2. The van der Waals surface area contributed by atoms with E-state index in [9.17, 15) is 9.90 Å². The van der Waals surface area contributed by atoms with Gasteiger partial charge in [-0.3, -0.25) is 4.79 Å². The number of carbonyl (C=O) groups is 1. The molecule has 0 spiro atoms. The number of amides is 1. The monoisotopic (exact) mass is 282 g/mol. The summed E-state index contributed by atoms with van der Waals surface area (Å²) in [6.07, 6.45) is 0.676. The molecule has 0 aliphatic carbocycles. The first kappa shape index (κ1) is 13.6. The number of hydrogen-bond donors (Lipinski definition) is 3. The Morgan fingerprint density at radius 2 is 1.90 bits per heavy atom. The standard InChI is InChI=1S/C17H18N2O2/c20-11-16(12-6-2-1-3-7-12)19-17(21)15-10-13-8-4-5-9-14(13)18-15/h1-9,15-16,18,20H,10-11H2,(H,19,21)/t15-,16+/m0/s1. The molecule has 2 atom stereocenters. The maximum Gasteiger partial charge on any atom is 0.243 e. The molecular weight excluding hydrogens is 264 g/mol. The summed E-state index contributed by atoms with van der Waals surface area (Å²) in [4.78, 5) is 12.4. The highest BCUT2D eigenvalue weighted by molar-refractivity contribution is 5.87. The molecular formula is C17H18N2O2. The fourth-order valence-electron chi connectivity index (χ4n) is 2.65. The molecule has 21 heavy (non-hydrogen) atoms. The minimum absolute atomic E-state index is 0.0888. The van der Waals surface area contributed by atoms with Crippen LogP contribution in [0.5, 0.6) is 0 Å². The Kier molecular flexibility index (Phi) is 3.88. The van der Waals surface area contributed by atoms with Crippen LogP contribution in [0.15, 0.2) is 54.6 Å². The quantitative estimate of drug-likeness (QED) is 0.802. The normalized spacial score (nSPS) is 17.7. The van der Waals surface area contributed by atoms with Gasteiger partial charge in [-0.25, -0.2) is 0 Å². The van der Waals surface area contributed by atoms with Gasteiger partial charge in [0.25, 0.3) is 0 Å². The van der Waals surface area contributed by atoms with Crippen LogP contribution in [0.2, 0.25) is 0 Å². The lowest BCUT2D eigenvalue weighted by molar-refractivity contribution is -0.122. The van der Waals surface area contributed by atoms with Gasteiger partial charge in [-0.05, 0) is 17.2 Å². The smallest absolute Gasteiger partial charge is 0.243 e. The van der Waals surface area contributed by atoms with Crippen molar-refractivity contribution in [3.8, 4) is 0 Å². The van der Waals surface area contributed by atoms with Crippen LogP contribution < -0.4 is 10.6 Å². The number of aliphatic hydroxyl groups is 1. The van der Waals surface area contributed by atoms with Crippen molar-refractivity contribution in [1.82, 2.24) is 5.32 Å². The Bertz CT molecular complexity index is 603. The molecule has 0 fully saturated rings. The van der Waals surface area contributed by atoms with E-state index >= 15 is 0 Å². The van der Waals surface area contributed by atoms with Crippen molar-refractivity contribution >= 4 is 11.6 Å². The van der Waals surface area contributed by atoms with Crippen LogP contribution in [0.3, 0.4) is 0 Å². The van der Waals surface area contributed by atoms with E-state index in [-0.39, 0.29) is 24.6 Å². The summed E-state index contributed by atoms with van der Waals surface area (Å²) < 4.78 is 0. The molecule has 1 aliphatic heterocycles. The van der Waals surface area contributed by atoms with Crippen LogP contribution in [0, 0.1) is 0 Å². The Morgan fingerprint density at radius 3 is 2.62 bits per heavy atom. The van der Waals surface area contributed by atoms with Crippen LogP contribution in [-0.2, 0) is 11.2 Å². The van der Waals surface area contributed by atoms with Crippen molar-refractivity contribution in [3.05, 3.63) is 65.7 Å². The molecule has 4 heteroatoms. The van der Waals surface area contributed by atoms with Crippen molar-refractivity contribution in [1.29, 1.82) is 0 Å². The lowest BCUT2D eigenvalue weighted by Gasteiger charge is -2.19. The van der Waals surface area contributed by atoms with Crippen LogP contribution >= 0.6 is 0 Å². The molecule has 0 unspecified atom stereocenters. The highest BCUT2D eigenvalue weighted by Gasteiger charge is 2.27. The van der Waals surface area contributed by atoms with Crippen molar-refractivity contribution in [2.75, 3.05) is 11.9 Å². The number of rotatable bonds is 4. The molecule has 0 aromatic heterocycles. The maximum atomic E-state index is 12.4. The first-order valence-corrected chi connectivity index (χ1v) is 7.08. The average molecular weight is 282 g/mol. The third-order valence-electron chi connectivity index (χ3n) is 3.79. The molecule has 2 aromatic rings. The van der Waals surface area contributed by atoms with Gasteiger partial charge in [0.1, 0.15) is 6.04 Å². The summed E-state index contributed by atoms with van der Waals surface area (Å²) in [5, 5.41) is 15.6. The Balaban J connectivity index is 1.67. The SMILES string of the molecule is O=C(N[C@H](CO)c1ccccc1)[C@@H]1Cc2ccccc2N1. The van der Waals surface area contributed by atoms with Crippen LogP contribution in [0.4, 0.5) is 5.69 Å². The van der Waals surface area contributed by atoms with Gasteiger partial charge in [0.2, 0.25) is 5.91 Å². The van der Waals surface area contributed by atoms with Crippen molar-refractivity contribution in [2.24, 2.45) is 0 Å². The van der Waals surface area contributed by atoms with E-state index in [2.05, 4.69) is 10.6 Å². The zero-order valence-electron chi connectivity index (χ0n) is 11.6. The molecule has 108 valence electrons. The van der Waals surface area contributed by atoms with Gasteiger partial charge in [0.05, 0.1) is 12.6 Å². The first-order valence-electron chi connectivity index (χ1n) is 7.08. The van der Waals surface area contributed by atoms with E-state index < -0.39 is 0 Å². The molecule has 0 bridgehead atoms. The van der Waals surface area contributed by atoms with Crippen LogP contribution in [-0.4, -0.2) is 23.7 Å². The highest BCUT2D eigenvalue weighted by atomic mass is 16.3. The summed E-state index contributed by atoms with van der Waals surface area (Å²) in [6.45, 7) is -0.116. The average Bonchev–Trinajstić information content (AvgIpc) is 2.97. The number of carbonyl (C=O) groups excluding carboxylic acids is 1. The Morgan fingerprint density at radius 1 is 1.19 bits per heavy atom. The molecule has 2 aromatic carbocycles. The molecule has 3 N–H and O–H groups in total. The Labute approximate surface area is 123 Å². The lowest BCUT2D eigenvalue weighted by atomic mass is 10.1.